The summed E-state index contributed by atoms with van der Waals surface area (Å²) in [5.41, 5.74) is 1.41. The van der Waals surface area contributed by atoms with Gasteiger partial charge in [0, 0.05) is 5.92 Å². The number of hydrogen-bond donors (Lipinski definition) is 2. The SMILES string of the molecule is [2H]C([2H])([2H])Oc1cc(CC2C(=O)OCC2Cc2ccc3c(c2)OCO3)cc(O)c1O. The third kappa shape index (κ3) is 3.32. The van der Waals surface area contributed by atoms with E-state index in [0.717, 1.165) is 5.56 Å². The first kappa shape index (κ1) is 14.0. The Balaban J connectivity index is 1.53. The van der Waals surface area contributed by atoms with Crippen LogP contribution in [0.3, 0.4) is 0 Å². The number of carbonyl (C=O) groups excluding carboxylic acids is 1. The van der Waals surface area contributed by atoms with E-state index in [1.54, 1.807) is 0 Å². The molecule has 2 aromatic rings. The largest absolute Gasteiger partial charge is 0.504 e. The molecule has 4 rings (SSSR count). The maximum absolute atomic E-state index is 12.3. The van der Waals surface area contributed by atoms with E-state index in [4.69, 9.17) is 23.1 Å². The van der Waals surface area contributed by atoms with Crippen molar-refractivity contribution < 1.29 is 38.1 Å². The number of fused-ring (bicyclic) bond motifs is 1. The van der Waals surface area contributed by atoms with Crippen LogP contribution in [-0.4, -0.2) is 36.6 Å². The number of esters is 1. The minimum absolute atomic E-state index is 0.124. The highest BCUT2D eigenvalue weighted by Crippen LogP contribution is 2.39. The maximum Gasteiger partial charge on any atom is 0.309 e. The summed E-state index contributed by atoms with van der Waals surface area (Å²) in [6.45, 7) is 0.429. The van der Waals surface area contributed by atoms with Gasteiger partial charge in [-0.15, -0.1) is 0 Å². The molecule has 0 spiro atoms. The van der Waals surface area contributed by atoms with E-state index < -0.39 is 24.5 Å². The third-order valence-electron chi connectivity index (χ3n) is 4.93. The molecule has 7 heteroatoms. The molecule has 1 fully saturated rings. The van der Waals surface area contributed by atoms with E-state index in [2.05, 4.69) is 0 Å². The summed E-state index contributed by atoms with van der Waals surface area (Å²) in [6.07, 6.45) is 0.759. The number of ether oxygens (including phenoxy) is 4. The van der Waals surface area contributed by atoms with Crippen molar-refractivity contribution in [3.05, 3.63) is 41.5 Å². The van der Waals surface area contributed by atoms with E-state index in [1.165, 1.54) is 12.1 Å². The van der Waals surface area contributed by atoms with Gasteiger partial charge in [0.2, 0.25) is 12.5 Å². The lowest BCUT2D eigenvalue weighted by Crippen LogP contribution is -2.20. The van der Waals surface area contributed by atoms with Gasteiger partial charge in [-0.05, 0) is 48.2 Å². The lowest BCUT2D eigenvalue weighted by atomic mass is 9.85. The maximum atomic E-state index is 12.3. The molecule has 2 aliphatic heterocycles. The zero-order valence-corrected chi connectivity index (χ0v) is 14.3. The van der Waals surface area contributed by atoms with Crippen molar-refractivity contribution in [2.75, 3.05) is 20.4 Å². The summed E-state index contributed by atoms with van der Waals surface area (Å²) in [4.78, 5) is 12.3. The van der Waals surface area contributed by atoms with Crippen molar-refractivity contribution in [3.63, 3.8) is 0 Å². The number of phenols is 2. The van der Waals surface area contributed by atoms with Gasteiger partial charge < -0.3 is 29.2 Å². The predicted octanol–water partition coefficient (Wildman–Crippen LogP) is 2.41. The Morgan fingerprint density at radius 1 is 1.11 bits per heavy atom. The zero-order chi connectivity index (χ0) is 21.5. The van der Waals surface area contributed by atoms with Gasteiger partial charge in [0.1, 0.15) is 0 Å². The minimum Gasteiger partial charge on any atom is -0.504 e. The number of phenolic OH excluding ortho intramolecular Hbond substituents is 2. The van der Waals surface area contributed by atoms with E-state index in [0.29, 0.717) is 23.5 Å². The smallest absolute Gasteiger partial charge is 0.309 e. The van der Waals surface area contributed by atoms with Crippen molar-refractivity contribution in [2.45, 2.75) is 12.8 Å². The summed E-state index contributed by atoms with van der Waals surface area (Å²) in [5.74, 6) is -1.22. The normalized spacial score (nSPS) is 22.7. The molecular weight excluding hydrogens is 352 g/mol. The van der Waals surface area contributed by atoms with Crippen LogP contribution >= 0.6 is 0 Å². The Bertz CT molecular complexity index is 974. The number of cyclic esters (lactones) is 1. The average Bonchev–Trinajstić information content (AvgIpc) is 3.26. The molecule has 2 aromatic carbocycles. The first-order valence-corrected chi connectivity index (χ1v) is 8.48. The zero-order valence-electron chi connectivity index (χ0n) is 17.3. The molecule has 0 aromatic heterocycles. The number of carbonyl (C=O) groups is 1. The second-order valence-electron chi connectivity index (χ2n) is 6.66. The average molecular weight is 375 g/mol. The quantitative estimate of drug-likeness (QED) is 0.612. The molecule has 2 heterocycles. The molecule has 2 atom stereocenters. The molecule has 2 unspecified atom stereocenters. The molecule has 2 aliphatic rings. The standard InChI is InChI=1S/C20H20O7/c1-24-18-8-12(6-15(21)19(18)22)5-14-13(9-25-20(14)23)4-11-2-3-16-17(7-11)27-10-26-16/h2-3,6-8,13-14,21-22H,4-5,9-10H2,1H3/i1D3. The Hall–Kier alpha value is -3.09. The molecule has 142 valence electrons. The molecular formula is C20H20O7. The second-order valence-corrected chi connectivity index (χ2v) is 6.66. The van der Waals surface area contributed by atoms with Crippen LogP contribution in [0.15, 0.2) is 30.3 Å². The van der Waals surface area contributed by atoms with Gasteiger partial charge in [0.05, 0.1) is 23.7 Å². The van der Waals surface area contributed by atoms with Crippen LogP contribution in [0, 0.1) is 11.8 Å². The summed E-state index contributed by atoms with van der Waals surface area (Å²) in [6, 6.07) is 8.19. The first-order valence-electron chi connectivity index (χ1n) is 9.98. The van der Waals surface area contributed by atoms with Crippen molar-refractivity contribution in [1.29, 1.82) is 0 Å². The summed E-state index contributed by atoms with van der Waals surface area (Å²) < 4.78 is 42.3. The van der Waals surface area contributed by atoms with Crippen molar-refractivity contribution >= 4 is 5.97 Å². The van der Waals surface area contributed by atoms with Crippen molar-refractivity contribution in [1.82, 2.24) is 0 Å². The Morgan fingerprint density at radius 3 is 2.81 bits per heavy atom. The molecule has 1 saturated heterocycles. The van der Waals surface area contributed by atoms with Crippen LogP contribution in [0.4, 0.5) is 0 Å². The summed E-state index contributed by atoms with van der Waals surface area (Å²) in [7, 11) is -2.79. The fourth-order valence-corrected chi connectivity index (χ4v) is 3.52. The van der Waals surface area contributed by atoms with Gasteiger partial charge in [0.25, 0.3) is 0 Å². The van der Waals surface area contributed by atoms with Crippen LogP contribution in [0.1, 0.15) is 15.2 Å². The first-order chi connectivity index (χ1) is 14.2. The number of benzene rings is 2. The van der Waals surface area contributed by atoms with Gasteiger partial charge in [-0.1, -0.05) is 6.07 Å². The van der Waals surface area contributed by atoms with E-state index in [1.807, 2.05) is 18.2 Å². The minimum atomic E-state index is -2.79. The molecule has 0 aliphatic carbocycles. The van der Waals surface area contributed by atoms with E-state index in [9.17, 15) is 15.0 Å². The van der Waals surface area contributed by atoms with E-state index >= 15 is 0 Å². The van der Waals surface area contributed by atoms with Gasteiger partial charge in [-0.3, -0.25) is 4.79 Å². The number of aromatic hydroxyl groups is 2. The van der Waals surface area contributed by atoms with Crippen LogP contribution in [0.2, 0.25) is 0 Å². The number of rotatable bonds is 5. The molecule has 0 saturated carbocycles. The highest BCUT2D eigenvalue weighted by Gasteiger charge is 2.37. The van der Waals surface area contributed by atoms with Crippen molar-refractivity contribution in [3.8, 4) is 28.7 Å². The van der Waals surface area contributed by atoms with Gasteiger partial charge in [-0.2, -0.15) is 0 Å². The lowest BCUT2D eigenvalue weighted by Gasteiger charge is -2.16. The Morgan fingerprint density at radius 2 is 1.96 bits per heavy atom. The second kappa shape index (κ2) is 6.90. The Kier molecular flexibility index (Phi) is 3.59. The van der Waals surface area contributed by atoms with Gasteiger partial charge >= 0.3 is 5.97 Å². The molecule has 0 radical (unpaired) electrons. The Labute approximate surface area is 160 Å². The lowest BCUT2D eigenvalue weighted by molar-refractivity contribution is -0.141. The summed E-state index contributed by atoms with van der Waals surface area (Å²) >= 11 is 0. The van der Waals surface area contributed by atoms with E-state index in [-0.39, 0.29) is 37.5 Å². The van der Waals surface area contributed by atoms with Gasteiger partial charge in [0.15, 0.2) is 23.0 Å². The van der Waals surface area contributed by atoms with Crippen molar-refractivity contribution in [2.24, 2.45) is 11.8 Å². The van der Waals surface area contributed by atoms with Crippen LogP contribution in [-0.2, 0) is 22.4 Å². The topological polar surface area (TPSA) is 94.5 Å². The van der Waals surface area contributed by atoms with Crippen LogP contribution in [0.5, 0.6) is 28.7 Å². The molecule has 2 N–H and O–H groups in total. The molecule has 0 amide bonds. The number of methoxy groups -OCH3 is 1. The predicted molar refractivity (Wildman–Crippen MR) is 94.2 cm³/mol. The molecule has 7 nitrogen and oxygen atoms in total. The monoisotopic (exact) mass is 375 g/mol. The molecule has 0 bridgehead atoms. The number of hydrogen-bond acceptors (Lipinski definition) is 7. The fourth-order valence-electron chi connectivity index (χ4n) is 3.52. The highest BCUT2D eigenvalue weighted by molar-refractivity contribution is 5.75. The fraction of sp³-hybridized carbons (Fsp3) is 0.350. The third-order valence-corrected chi connectivity index (χ3v) is 4.93. The van der Waals surface area contributed by atoms with Crippen LogP contribution in [0.25, 0.3) is 0 Å². The van der Waals surface area contributed by atoms with Crippen LogP contribution < -0.4 is 14.2 Å². The molecule has 27 heavy (non-hydrogen) atoms. The van der Waals surface area contributed by atoms with Gasteiger partial charge in [-0.25, -0.2) is 0 Å². The highest BCUT2D eigenvalue weighted by atomic mass is 16.7. The summed E-state index contributed by atoms with van der Waals surface area (Å²) in [5, 5.41) is 19.8.